The van der Waals surface area contributed by atoms with Crippen LogP contribution < -0.4 is 9.47 Å². The first-order chi connectivity index (χ1) is 12.5. The molecule has 0 amide bonds. The molecule has 0 saturated carbocycles. The zero-order valence-electron chi connectivity index (χ0n) is 15.3. The number of rotatable bonds is 3. The van der Waals surface area contributed by atoms with E-state index < -0.39 is 24.5 Å². The molecular formula is C18H21ClF3NO4. The second kappa shape index (κ2) is 7.05. The number of halogens is 4. The van der Waals surface area contributed by atoms with E-state index in [9.17, 15) is 18.0 Å². The fourth-order valence-electron chi connectivity index (χ4n) is 3.70. The zero-order valence-corrected chi connectivity index (χ0v) is 16.0. The van der Waals surface area contributed by atoms with E-state index in [0.717, 1.165) is 0 Å². The molecule has 0 aliphatic carbocycles. The highest BCUT2D eigenvalue weighted by molar-refractivity contribution is 6.32. The maximum atomic E-state index is 12.6. The van der Waals surface area contributed by atoms with Gasteiger partial charge in [0, 0.05) is 18.4 Å². The number of likely N-dealkylation sites (tertiary alicyclic amines) is 1. The maximum Gasteiger partial charge on any atom is 0.401 e. The molecule has 1 fully saturated rings. The van der Waals surface area contributed by atoms with Crippen LogP contribution in [0.15, 0.2) is 6.07 Å². The molecule has 27 heavy (non-hydrogen) atoms. The third-order valence-electron chi connectivity index (χ3n) is 5.19. The number of hydrogen-bond acceptors (Lipinski definition) is 5. The molecule has 1 unspecified atom stereocenters. The van der Waals surface area contributed by atoms with Gasteiger partial charge < -0.3 is 14.2 Å². The SMILES string of the molecule is COC(=O)c1cc(Cl)c2c(c1C)OC(C)(C1CCN(CC(F)(F)F)CC1)O2. The van der Waals surface area contributed by atoms with Crippen LogP contribution in [0, 0.1) is 12.8 Å². The van der Waals surface area contributed by atoms with Crippen LogP contribution in [0.1, 0.15) is 35.7 Å². The number of benzene rings is 1. The first-order valence-corrected chi connectivity index (χ1v) is 9.00. The summed E-state index contributed by atoms with van der Waals surface area (Å²) < 4.78 is 54.5. The van der Waals surface area contributed by atoms with Gasteiger partial charge in [-0.15, -0.1) is 0 Å². The molecule has 2 aliphatic rings. The number of hydrogen-bond donors (Lipinski definition) is 0. The lowest BCUT2D eigenvalue weighted by molar-refractivity contribution is -0.159. The van der Waals surface area contributed by atoms with Gasteiger partial charge in [-0.1, -0.05) is 11.6 Å². The van der Waals surface area contributed by atoms with E-state index in [-0.39, 0.29) is 16.5 Å². The molecule has 2 heterocycles. The predicted octanol–water partition coefficient (Wildman–Crippen LogP) is 4.20. The minimum Gasteiger partial charge on any atom is -0.465 e. The number of fused-ring (bicyclic) bond motifs is 1. The van der Waals surface area contributed by atoms with Gasteiger partial charge in [-0.05, 0) is 38.9 Å². The number of piperidine rings is 1. The van der Waals surface area contributed by atoms with Crippen LogP contribution in [0.4, 0.5) is 13.2 Å². The van der Waals surface area contributed by atoms with Crippen molar-refractivity contribution < 1.29 is 32.2 Å². The van der Waals surface area contributed by atoms with Crippen LogP contribution in [0.2, 0.25) is 5.02 Å². The van der Waals surface area contributed by atoms with Gasteiger partial charge in [0.25, 0.3) is 5.79 Å². The van der Waals surface area contributed by atoms with Gasteiger partial charge in [-0.2, -0.15) is 13.2 Å². The van der Waals surface area contributed by atoms with E-state index in [1.807, 2.05) is 0 Å². The van der Waals surface area contributed by atoms with Crippen molar-refractivity contribution in [2.75, 3.05) is 26.7 Å². The molecule has 0 spiro atoms. The molecule has 2 aliphatic heterocycles. The van der Waals surface area contributed by atoms with E-state index in [0.29, 0.717) is 43.0 Å². The summed E-state index contributed by atoms with van der Waals surface area (Å²) in [5.74, 6) is -0.957. The van der Waals surface area contributed by atoms with E-state index in [1.54, 1.807) is 13.8 Å². The zero-order chi connectivity index (χ0) is 20.0. The molecule has 0 aromatic heterocycles. The van der Waals surface area contributed by atoms with E-state index >= 15 is 0 Å². The molecule has 0 bridgehead atoms. The first-order valence-electron chi connectivity index (χ1n) is 8.62. The van der Waals surface area contributed by atoms with Crippen molar-refractivity contribution in [1.82, 2.24) is 4.90 Å². The molecule has 1 aromatic carbocycles. The Labute approximate surface area is 160 Å². The maximum absolute atomic E-state index is 12.6. The molecule has 5 nitrogen and oxygen atoms in total. The summed E-state index contributed by atoms with van der Waals surface area (Å²) in [5, 5.41) is 0.231. The molecule has 150 valence electrons. The molecular weight excluding hydrogens is 387 g/mol. The van der Waals surface area contributed by atoms with Crippen LogP contribution in [-0.2, 0) is 4.74 Å². The third-order valence-corrected chi connectivity index (χ3v) is 5.47. The number of alkyl halides is 3. The molecule has 0 N–H and O–H groups in total. The van der Waals surface area contributed by atoms with Gasteiger partial charge in [0.1, 0.15) is 0 Å². The molecule has 1 saturated heterocycles. The number of carbonyl (C=O) groups excluding carboxylic acids is 1. The number of nitrogens with zero attached hydrogens (tertiary/aromatic N) is 1. The normalized spacial score (nSPS) is 23.5. The standard InChI is InChI=1S/C18H21ClF3NO4/c1-10-12(16(24)25-3)8-13(19)15-14(10)26-17(2,27-15)11-4-6-23(7-5-11)9-18(20,21)22/h8,11H,4-7,9H2,1-3H3. The lowest BCUT2D eigenvalue weighted by Gasteiger charge is -2.38. The monoisotopic (exact) mass is 407 g/mol. The van der Waals surface area contributed by atoms with Crippen molar-refractivity contribution in [3.63, 3.8) is 0 Å². The highest BCUT2D eigenvalue weighted by Gasteiger charge is 2.48. The molecule has 1 atom stereocenters. The third kappa shape index (κ3) is 3.96. The van der Waals surface area contributed by atoms with Crippen molar-refractivity contribution in [3.05, 3.63) is 22.2 Å². The van der Waals surface area contributed by atoms with E-state index in [4.69, 9.17) is 25.8 Å². The molecule has 9 heteroatoms. The fourth-order valence-corrected chi connectivity index (χ4v) is 3.94. The highest BCUT2D eigenvalue weighted by Crippen LogP contribution is 2.51. The highest BCUT2D eigenvalue weighted by atomic mass is 35.5. The summed E-state index contributed by atoms with van der Waals surface area (Å²) in [6.45, 7) is 3.17. The van der Waals surface area contributed by atoms with Crippen LogP contribution in [0.25, 0.3) is 0 Å². The van der Waals surface area contributed by atoms with Gasteiger partial charge in [-0.25, -0.2) is 4.79 Å². The van der Waals surface area contributed by atoms with E-state index in [2.05, 4.69) is 0 Å². The Balaban J connectivity index is 1.76. The predicted molar refractivity (Wildman–Crippen MR) is 92.4 cm³/mol. The van der Waals surface area contributed by atoms with Crippen molar-refractivity contribution in [2.45, 2.75) is 38.7 Å². The van der Waals surface area contributed by atoms with Gasteiger partial charge in [0.05, 0.1) is 24.2 Å². The molecule has 0 radical (unpaired) electrons. The van der Waals surface area contributed by atoms with Crippen molar-refractivity contribution in [3.8, 4) is 11.5 Å². The second-order valence-corrected chi connectivity index (χ2v) is 7.47. The minimum absolute atomic E-state index is 0.105. The minimum atomic E-state index is -4.21. The van der Waals surface area contributed by atoms with Crippen molar-refractivity contribution >= 4 is 17.6 Å². The number of ether oxygens (including phenoxy) is 3. The lowest BCUT2D eigenvalue weighted by atomic mass is 9.89. The van der Waals surface area contributed by atoms with Crippen LogP contribution >= 0.6 is 11.6 Å². The number of carbonyl (C=O) groups is 1. The summed E-state index contributed by atoms with van der Waals surface area (Å²) in [6, 6.07) is 1.47. The smallest absolute Gasteiger partial charge is 0.401 e. The second-order valence-electron chi connectivity index (χ2n) is 7.07. The van der Waals surface area contributed by atoms with Crippen molar-refractivity contribution in [2.24, 2.45) is 5.92 Å². The van der Waals surface area contributed by atoms with Crippen LogP contribution in [-0.4, -0.2) is 49.6 Å². The fraction of sp³-hybridized carbons (Fsp3) is 0.611. The Morgan fingerprint density at radius 3 is 2.48 bits per heavy atom. The largest absolute Gasteiger partial charge is 0.465 e. The average molecular weight is 408 g/mol. The van der Waals surface area contributed by atoms with Crippen LogP contribution in [0.3, 0.4) is 0 Å². The van der Waals surface area contributed by atoms with Crippen LogP contribution in [0.5, 0.6) is 11.5 Å². The number of methoxy groups -OCH3 is 1. The average Bonchev–Trinajstić information content (AvgIpc) is 2.96. The summed E-state index contributed by atoms with van der Waals surface area (Å²) in [7, 11) is 1.28. The first kappa shape index (κ1) is 20.1. The van der Waals surface area contributed by atoms with Gasteiger partial charge in [0.15, 0.2) is 11.5 Å². The van der Waals surface area contributed by atoms with Gasteiger partial charge >= 0.3 is 12.1 Å². The van der Waals surface area contributed by atoms with E-state index in [1.165, 1.54) is 18.1 Å². The summed E-state index contributed by atoms with van der Waals surface area (Å²) >= 11 is 6.26. The Kier molecular flexibility index (Phi) is 5.24. The Morgan fingerprint density at radius 1 is 1.33 bits per heavy atom. The summed E-state index contributed by atoms with van der Waals surface area (Å²) in [6.07, 6.45) is -3.20. The molecule has 1 aromatic rings. The molecule has 3 rings (SSSR count). The summed E-state index contributed by atoms with van der Waals surface area (Å²) in [4.78, 5) is 13.3. The van der Waals surface area contributed by atoms with Crippen molar-refractivity contribution in [1.29, 1.82) is 0 Å². The Hall–Kier alpha value is -1.67. The lowest BCUT2D eigenvalue weighted by Crippen LogP contribution is -2.49. The Morgan fingerprint density at radius 2 is 1.93 bits per heavy atom. The van der Waals surface area contributed by atoms with Gasteiger partial charge in [0.2, 0.25) is 0 Å². The number of esters is 1. The Bertz CT molecular complexity index is 747. The van der Waals surface area contributed by atoms with Gasteiger partial charge in [-0.3, -0.25) is 4.90 Å². The summed E-state index contributed by atoms with van der Waals surface area (Å²) in [5.41, 5.74) is 0.841. The quantitative estimate of drug-likeness (QED) is 0.703. The topological polar surface area (TPSA) is 48.0 Å².